The number of rotatable bonds is 7. The highest BCUT2D eigenvalue weighted by atomic mass is 35.5. The smallest absolute Gasteiger partial charge is 0.339 e. The summed E-state index contributed by atoms with van der Waals surface area (Å²) < 4.78 is 15.9. The monoisotopic (exact) mass is 376 g/mol. The van der Waals surface area contributed by atoms with Crippen molar-refractivity contribution in [3.05, 3.63) is 58.1 Å². The molecule has 0 bridgehead atoms. The first kappa shape index (κ1) is 19.8. The summed E-state index contributed by atoms with van der Waals surface area (Å²) in [7, 11) is 1.45. The first-order valence-corrected chi connectivity index (χ1v) is 8.57. The first-order chi connectivity index (χ1) is 12.4. The Kier molecular flexibility index (Phi) is 6.64. The molecule has 5 nitrogen and oxygen atoms in total. The predicted molar refractivity (Wildman–Crippen MR) is 99.6 cm³/mol. The van der Waals surface area contributed by atoms with Crippen LogP contribution in [-0.2, 0) is 4.74 Å². The van der Waals surface area contributed by atoms with Crippen LogP contribution in [0, 0.1) is 6.92 Å². The third-order valence-corrected chi connectivity index (χ3v) is 4.02. The van der Waals surface area contributed by atoms with E-state index in [1.165, 1.54) is 26.2 Å². The lowest BCUT2D eigenvalue weighted by Gasteiger charge is -2.15. The largest absolute Gasteiger partial charge is 0.493 e. The van der Waals surface area contributed by atoms with Crippen LogP contribution in [0.2, 0.25) is 5.02 Å². The normalized spacial score (nSPS) is 11.6. The quantitative estimate of drug-likeness (QED) is 0.526. The van der Waals surface area contributed by atoms with Gasteiger partial charge in [-0.05, 0) is 32.9 Å². The average molecular weight is 377 g/mol. The van der Waals surface area contributed by atoms with Gasteiger partial charge in [-0.25, -0.2) is 4.79 Å². The van der Waals surface area contributed by atoms with Gasteiger partial charge in [0.15, 0.2) is 17.6 Å². The molecule has 0 saturated carbocycles. The molecule has 26 heavy (non-hydrogen) atoms. The molecule has 1 atom stereocenters. The van der Waals surface area contributed by atoms with E-state index in [-0.39, 0.29) is 16.4 Å². The second-order valence-electron chi connectivity index (χ2n) is 5.70. The number of ether oxygens (including phenoxy) is 3. The van der Waals surface area contributed by atoms with Crippen molar-refractivity contribution in [3.8, 4) is 11.5 Å². The van der Waals surface area contributed by atoms with Gasteiger partial charge in [0.1, 0.15) is 0 Å². The minimum absolute atomic E-state index is 0.179. The number of benzene rings is 2. The minimum atomic E-state index is -0.929. The van der Waals surface area contributed by atoms with E-state index in [1.807, 2.05) is 26.0 Å². The topological polar surface area (TPSA) is 61.8 Å². The third-order valence-electron chi connectivity index (χ3n) is 3.74. The van der Waals surface area contributed by atoms with Crippen molar-refractivity contribution in [3.63, 3.8) is 0 Å². The standard InChI is InChI=1S/C20H21ClO5/c1-5-25-19-16(21)10-15(11-17(19)24-4)20(23)26-13(3)18(22)14-8-6-12(2)7-9-14/h6-11,13H,5H2,1-4H3/t13-/m1/s1. The van der Waals surface area contributed by atoms with Gasteiger partial charge >= 0.3 is 5.97 Å². The molecule has 0 radical (unpaired) electrons. The molecular weight excluding hydrogens is 356 g/mol. The number of hydrogen-bond donors (Lipinski definition) is 0. The number of halogens is 1. The second kappa shape index (κ2) is 8.72. The zero-order valence-electron chi connectivity index (χ0n) is 15.2. The van der Waals surface area contributed by atoms with Gasteiger partial charge in [-0.1, -0.05) is 41.4 Å². The molecule has 138 valence electrons. The molecule has 0 fully saturated rings. The van der Waals surface area contributed by atoms with Crippen molar-refractivity contribution in [2.24, 2.45) is 0 Å². The fraction of sp³-hybridized carbons (Fsp3) is 0.300. The molecule has 0 heterocycles. The molecule has 0 aliphatic carbocycles. The third kappa shape index (κ3) is 4.55. The highest BCUT2D eigenvalue weighted by molar-refractivity contribution is 6.32. The van der Waals surface area contributed by atoms with Crippen LogP contribution in [-0.4, -0.2) is 31.6 Å². The lowest BCUT2D eigenvalue weighted by Crippen LogP contribution is -2.24. The molecule has 2 aromatic rings. The Morgan fingerprint density at radius 2 is 1.77 bits per heavy atom. The van der Waals surface area contributed by atoms with Crippen molar-refractivity contribution in [2.45, 2.75) is 26.9 Å². The van der Waals surface area contributed by atoms with Gasteiger partial charge in [-0.3, -0.25) is 4.79 Å². The zero-order valence-corrected chi connectivity index (χ0v) is 15.9. The summed E-state index contributed by atoms with van der Waals surface area (Å²) in [5.74, 6) is -0.260. The number of Topliss-reactive ketones (excluding diaryl/α,β-unsaturated/α-hetero) is 1. The zero-order chi connectivity index (χ0) is 19.3. The summed E-state index contributed by atoms with van der Waals surface area (Å²) >= 11 is 6.17. The molecule has 0 spiro atoms. The van der Waals surface area contributed by atoms with Gasteiger partial charge in [0.05, 0.1) is 24.3 Å². The van der Waals surface area contributed by atoms with Crippen LogP contribution >= 0.6 is 11.6 Å². The van der Waals surface area contributed by atoms with Crippen LogP contribution in [0.5, 0.6) is 11.5 Å². The Morgan fingerprint density at radius 1 is 1.12 bits per heavy atom. The minimum Gasteiger partial charge on any atom is -0.493 e. The summed E-state index contributed by atoms with van der Waals surface area (Å²) in [6, 6.07) is 9.98. The SMILES string of the molecule is CCOc1c(Cl)cc(C(=O)O[C@H](C)C(=O)c2ccc(C)cc2)cc1OC. The van der Waals surface area contributed by atoms with E-state index >= 15 is 0 Å². The predicted octanol–water partition coefficient (Wildman–Crippen LogP) is 4.48. The highest BCUT2D eigenvalue weighted by Crippen LogP contribution is 2.36. The van der Waals surface area contributed by atoms with Crippen molar-refractivity contribution in [1.82, 2.24) is 0 Å². The Bertz CT molecular complexity index is 799. The van der Waals surface area contributed by atoms with Crippen molar-refractivity contribution >= 4 is 23.4 Å². The van der Waals surface area contributed by atoms with Crippen LogP contribution < -0.4 is 9.47 Å². The molecule has 0 N–H and O–H groups in total. The summed E-state index contributed by atoms with van der Waals surface area (Å²) in [6.07, 6.45) is -0.929. The maximum absolute atomic E-state index is 12.4. The fourth-order valence-electron chi connectivity index (χ4n) is 2.36. The number of esters is 1. The average Bonchev–Trinajstić information content (AvgIpc) is 2.63. The van der Waals surface area contributed by atoms with Crippen LogP contribution in [0.1, 0.15) is 40.1 Å². The summed E-state index contributed by atoms with van der Waals surface area (Å²) in [5.41, 5.74) is 1.71. The molecule has 2 aromatic carbocycles. The van der Waals surface area contributed by atoms with Gasteiger partial charge in [0.2, 0.25) is 5.78 Å². The second-order valence-corrected chi connectivity index (χ2v) is 6.11. The number of methoxy groups -OCH3 is 1. The number of ketones is 1. The van der Waals surface area contributed by atoms with Crippen molar-refractivity contribution < 1.29 is 23.8 Å². The van der Waals surface area contributed by atoms with Crippen LogP contribution in [0.4, 0.5) is 0 Å². The summed E-state index contributed by atoms with van der Waals surface area (Å²) in [6.45, 7) is 5.69. The Hall–Kier alpha value is -2.53. The lowest BCUT2D eigenvalue weighted by molar-refractivity contribution is 0.0318. The molecular formula is C20H21ClO5. The van der Waals surface area contributed by atoms with E-state index in [0.29, 0.717) is 23.7 Å². The van der Waals surface area contributed by atoms with E-state index in [1.54, 1.807) is 12.1 Å². The highest BCUT2D eigenvalue weighted by Gasteiger charge is 2.22. The Balaban J connectivity index is 2.17. The lowest BCUT2D eigenvalue weighted by atomic mass is 10.1. The van der Waals surface area contributed by atoms with E-state index in [0.717, 1.165) is 5.56 Å². The summed E-state index contributed by atoms with van der Waals surface area (Å²) in [5, 5.41) is 0.232. The molecule has 2 rings (SSSR count). The van der Waals surface area contributed by atoms with Gasteiger partial charge < -0.3 is 14.2 Å². The maximum atomic E-state index is 12.4. The molecule has 0 aromatic heterocycles. The number of carbonyl (C=O) groups excluding carboxylic acids is 2. The Morgan fingerprint density at radius 3 is 2.35 bits per heavy atom. The Labute approximate surface area is 157 Å². The number of aryl methyl sites for hydroxylation is 1. The molecule has 0 aliphatic heterocycles. The van der Waals surface area contributed by atoms with E-state index in [2.05, 4.69) is 0 Å². The number of carbonyl (C=O) groups is 2. The maximum Gasteiger partial charge on any atom is 0.339 e. The van der Waals surface area contributed by atoms with E-state index < -0.39 is 12.1 Å². The fourth-order valence-corrected chi connectivity index (χ4v) is 2.62. The molecule has 0 saturated heterocycles. The molecule has 6 heteroatoms. The van der Waals surface area contributed by atoms with E-state index in [9.17, 15) is 9.59 Å². The molecule has 0 unspecified atom stereocenters. The van der Waals surface area contributed by atoms with E-state index in [4.69, 9.17) is 25.8 Å². The van der Waals surface area contributed by atoms with Crippen molar-refractivity contribution in [1.29, 1.82) is 0 Å². The summed E-state index contributed by atoms with van der Waals surface area (Å²) in [4.78, 5) is 24.8. The van der Waals surface area contributed by atoms with Crippen molar-refractivity contribution in [2.75, 3.05) is 13.7 Å². The first-order valence-electron chi connectivity index (χ1n) is 8.19. The van der Waals surface area contributed by atoms with Gasteiger partial charge in [0, 0.05) is 5.56 Å². The van der Waals surface area contributed by atoms with Crippen LogP contribution in [0.15, 0.2) is 36.4 Å². The number of hydrogen-bond acceptors (Lipinski definition) is 5. The van der Waals surface area contributed by atoms with Crippen LogP contribution in [0.3, 0.4) is 0 Å². The molecule has 0 aliphatic rings. The van der Waals surface area contributed by atoms with Gasteiger partial charge in [0.25, 0.3) is 0 Å². The van der Waals surface area contributed by atoms with Gasteiger partial charge in [-0.15, -0.1) is 0 Å². The molecule has 0 amide bonds. The van der Waals surface area contributed by atoms with Crippen LogP contribution in [0.25, 0.3) is 0 Å². The van der Waals surface area contributed by atoms with Gasteiger partial charge in [-0.2, -0.15) is 0 Å².